The number of anilines is 2. The Bertz CT molecular complexity index is 830. The number of hydrogen-bond acceptors (Lipinski definition) is 7. The summed E-state index contributed by atoms with van der Waals surface area (Å²) >= 11 is 0. The van der Waals surface area contributed by atoms with Gasteiger partial charge in [0.25, 0.3) is 0 Å². The van der Waals surface area contributed by atoms with Crippen LogP contribution in [0.25, 0.3) is 11.0 Å². The van der Waals surface area contributed by atoms with Gasteiger partial charge in [0.05, 0.1) is 25.2 Å². The summed E-state index contributed by atoms with van der Waals surface area (Å²) in [4.78, 5) is 8.67. The second-order valence-electron chi connectivity index (χ2n) is 5.42. The number of fused-ring (bicyclic) bond motifs is 1. The summed E-state index contributed by atoms with van der Waals surface area (Å²) in [6, 6.07) is 7.45. The molecular formula is C16H20N6O2. The van der Waals surface area contributed by atoms with E-state index < -0.39 is 0 Å². The smallest absolute Gasteiger partial charge is 0.226 e. The normalized spacial score (nSPS) is 12.1. The lowest BCUT2D eigenvalue weighted by Gasteiger charge is -2.16. The average molecular weight is 328 g/mol. The molecule has 8 nitrogen and oxygen atoms in total. The topological polar surface area (TPSA) is 100 Å². The Kier molecular flexibility index (Phi) is 4.37. The Hall–Kier alpha value is -3.03. The van der Waals surface area contributed by atoms with Gasteiger partial charge < -0.3 is 20.5 Å². The van der Waals surface area contributed by atoms with E-state index in [1.165, 1.54) is 0 Å². The Morgan fingerprint density at radius 2 is 1.92 bits per heavy atom. The molecule has 0 unspecified atom stereocenters. The Morgan fingerprint density at radius 1 is 1.21 bits per heavy atom. The van der Waals surface area contributed by atoms with E-state index in [1.807, 2.05) is 38.2 Å². The summed E-state index contributed by atoms with van der Waals surface area (Å²) in [5.41, 5.74) is 6.63. The van der Waals surface area contributed by atoms with E-state index in [1.54, 1.807) is 18.0 Å². The molecule has 8 heteroatoms. The first kappa shape index (κ1) is 15.9. The number of ether oxygens (including phenoxy) is 2. The number of nitrogen functional groups attached to an aromatic ring is 1. The highest BCUT2D eigenvalue weighted by Crippen LogP contribution is 2.20. The molecule has 0 spiro atoms. The molecule has 0 aliphatic carbocycles. The fourth-order valence-electron chi connectivity index (χ4n) is 2.29. The number of methoxy groups -OCH3 is 1. The van der Waals surface area contributed by atoms with E-state index in [-0.39, 0.29) is 6.10 Å². The third-order valence-electron chi connectivity index (χ3n) is 3.57. The van der Waals surface area contributed by atoms with Crippen molar-refractivity contribution in [1.82, 2.24) is 19.7 Å². The van der Waals surface area contributed by atoms with Gasteiger partial charge in [-0.3, -0.25) is 4.68 Å². The zero-order valence-electron chi connectivity index (χ0n) is 13.9. The lowest BCUT2D eigenvalue weighted by molar-refractivity contribution is 0.234. The lowest BCUT2D eigenvalue weighted by atomic mass is 10.3. The van der Waals surface area contributed by atoms with Crippen molar-refractivity contribution in [1.29, 1.82) is 0 Å². The first-order chi connectivity index (χ1) is 11.6. The molecule has 2 aromatic heterocycles. The van der Waals surface area contributed by atoms with Crippen LogP contribution in [-0.2, 0) is 7.05 Å². The van der Waals surface area contributed by atoms with Crippen molar-refractivity contribution in [3.63, 3.8) is 0 Å². The molecule has 0 amide bonds. The molecule has 0 bridgehead atoms. The van der Waals surface area contributed by atoms with Crippen molar-refractivity contribution in [3.8, 4) is 11.5 Å². The summed E-state index contributed by atoms with van der Waals surface area (Å²) < 4.78 is 12.6. The van der Waals surface area contributed by atoms with Gasteiger partial charge in [-0.2, -0.15) is 15.1 Å². The van der Waals surface area contributed by atoms with Crippen molar-refractivity contribution in [2.75, 3.05) is 24.7 Å². The lowest BCUT2D eigenvalue weighted by Crippen LogP contribution is -2.23. The van der Waals surface area contributed by atoms with Gasteiger partial charge in [0.2, 0.25) is 5.95 Å². The summed E-state index contributed by atoms with van der Waals surface area (Å²) in [7, 11) is 3.45. The summed E-state index contributed by atoms with van der Waals surface area (Å²) in [5.74, 6) is 2.42. The molecule has 1 atom stereocenters. The molecule has 126 valence electrons. The number of hydrogen-bond donors (Lipinski definition) is 2. The van der Waals surface area contributed by atoms with Crippen LogP contribution in [0.4, 0.5) is 11.8 Å². The van der Waals surface area contributed by atoms with Gasteiger partial charge in [-0.15, -0.1) is 0 Å². The Morgan fingerprint density at radius 3 is 2.62 bits per heavy atom. The van der Waals surface area contributed by atoms with Gasteiger partial charge in [-0.25, -0.2) is 0 Å². The maximum atomic E-state index is 5.94. The number of nitrogens with one attached hydrogen (secondary N) is 1. The van der Waals surface area contributed by atoms with Crippen molar-refractivity contribution < 1.29 is 9.47 Å². The molecule has 3 aromatic rings. The van der Waals surface area contributed by atoms with Crippen LogP contribution >= 0.6 is 0 Å². The van der Waals surface area contributed by atoms with Crippen LogP contribution in [0.3, 0.4) is 0 Å². The SMILES string of the molecule is COc1ccc(O[C@@H](C)CNc2nc(N)c3cnn(C)c3n2)cc1. The second-order valence-corrected chi connectivity index (χ2v) is 5.42. The first-order valence-electron chi connectivity index (χ1n) is 7.56. The second kappa shape index (κ2) is 6.61. The number of aryl methyl sites for hydroxylation is 1. The number of aromatic nitrogens is 4. The van der Waals surface area contributed by atoms with E-state index in [4.69, 9.17) is 15.2 Å². The fraction of sp³-hybridized carbons (Fsp3) is 0.312. The standard InChI is InChI=1S/C16H20N6O2/c1-10(24-12-6-4-11(23-3)5-7-12)8-18-16-20-14(17)13-9-19-22(2)15(13)21-16/h4-7,9-10H,8H2,1-3H3,(H3,17,18,20,21)/t10-/m0/s1. The van der Waals surface area contributed by atoms with Gasteiger partial charge in [0.1, 0.15) is 23.4 Å². The van der Waals surface area contributed by atoms with Gasteiger partial charge in [0, 0.05) is 7.05 Å². The minimum atomic E-state index is -0.0783. The van der Waals surface area contributed by atoms with Crippen molar-refractivity contribution in [3.05, 3.63) is 30.5 Å². The van der Waals surface area contributed by atoms with Crippen molar-refractivity contribution in [2.45, 2.75) is 13.0 Å². The average Bonchev–Trinajstić information content (AvgIpc) is 2.95. The Labute approximate surface area is 139 Å². The third kappa shape index (κ3) is 3.32. The van der Waals surface area contributed by atoms with E-state index in [0.717, 1.165) is 16.9 Å². The Balaban J connectivity index is 1.63. The van der Waals surface area contributed by atoms with E-state index in [2.05, 4.69) is 20.4 Å². The molecule has 24 heavy (non-hydrogen) atoms. The fourth-order valence-corrected chi connectivity index (χ4v) is 2.29. The van der Waals surface area contributed by atoms with E-state index in [0.29, 0.717) is 24.0 Å². The quantitative estimate of drug-likeness (QED) is 0.712. The van der Waals surface area contributed by atoms with Crippen LogP contribution in [-0.4, -0.2) is 39.5 Å². The van der Waals surface area contributed by atoms with E-state index in [9.17, 15) is 0 Å². The molecular weight excluding hydrogens is 308 g/mol. The maximum absolute atomic E-state index is 5.94. The predicted molar refractivity (Wildman–Crippen MR) is 92.3 cm³/mol. The highest BCUT2D eigenvalue weighted by molar-refractivity contribution is 5.86. The minimum Gasteiger partial charge on any atom is -0.497 e. The first-order valence-corrected chi connectivity index (χ1v) is 7.56. The van der Waals surface area contributed by atoms with E-state index >= 15 is 0 Å². The van der Waals surface area contributed by atoms with Crippen LogP contribution in [0.1, 0.15) is 6.92 Å². The molecule has 3 N–H and O–H groups in total. The van der Waals surface area contributed by atoms with Crippen molar-refractivity contribution in [2.24, 2.45) is 7.05 Å². The van der Waals surface area contributed by atoms with Crippen molar-refractivity contribution >= 4 is 22.8 Å². The highest BCUT2D eigenvalue weighted by Gasteiger charge is 2.10. The molecule has 0 aliphatic rings. The molecule has 1 aromatic carbocycles. The number of nitrogens with two attached hydrogens (primary N) is 1. The number of benzene rings is 1. The van der Waals surface area contributed by atoms with Crippen LogP contribution in [0.15, 0.2) is 30.5 Å². The molecule has 0 fully saturated rings. The molecule has 2 heterocycles. The van der Waals surface area contributed by atoms with Gasteiger partial charge in [0.15, 0.2) is 5.65 Å². The van der Waals surface area contributed by atoms with Crippen LogP contribution in [0.2, 0.25) is 0 Å². The third-order valence-corrected chi connectivity index (χ3v) is 3.57. The predicted octanol–water partition coefficient (Wildman–Crippen LogP) is 1.83. The van der Waals surface area contributed by atoms with Crippen LogP contribution in [0.5, 0.6) is 11.5 Å². The molecule has 0 saturated carbocycles. The van der Waals surface area contributed by atoms with Crippen LogP contribution < -0.4 is 20.5 Å². The maximum Gasteiger partial charge on any atom is 0.226 e. The molecule has 0 saturated heterocycles. The zero-order chi connectivity index (χ0) is 17.1. The monoisotopic (exact) mass is 328 g/mol. The summed E-state index contributed by atoms with van der Waals surface area (Å²) in [6.45, 7) is 2.50. The molecule has 0 radical (unpaired) electrons. The zero-order valence-corrected chi connectivity index (χ0v) is 13.9. The van der Waals surface area contributed by atoms with Crippen LogP contribution in [0, 0.1) is 0 Å². The largest absolute Gasteiger partial charge is 0.497 e. The highest BCUT2D eigenvalue weighted by atomic mass is 16.5. The van der Waals surface area contributed by atoms with Gasteiger partial charge >= 0.3 is 0 Å². The van der Waals surface area contributed by atoms with Gasteiger partial charge in [-0.05, 0) is 31.2 Å². The number of nitrogens with zero attached hydrogens (tertiary/aromatic N) is 4. The van der Waals surface area contributed by atoms with Gasteiger partial charge in [-0.1, -0.05) is 0 Å². The molecule has 0 aliphatic heterocycles. The molecule has 3 rings (SSSR count). The summed E-state index contributed by atoms with van der Waals surface area (Å²) in [5, 5.41) is 8.02. The summed E-state index contributed by atoms with van der Waals surface area (Å²) in [6.07, 6.45) is 1.58. The minimum absolute atomic E-state index is 0.0783. The number of rotatable bonds is 6.